The smallest absolute Gasteiger partial charge is 0.219 e. The normalized spacial score (nSPS) is 9.64. The van der Waals surface area contributed by atoms with Gasteiger partial charge in [-0.05, 0) is 12.1 Å². The molecule has 5 heteroatoms. The van der Waals surface area contributed by atoms with Gasteiger partial charge in [0.15, 0.2) is 18.2 Å². The van der Waals surface area contributed by atoms with Crippen molar-refractivity contribution in [3.8, 4) is 5.75 Å². The van der Waals surface area contributed by atoms with E-state index in [0.717, 1.165) is 12.1 Å². The molecule has 0 amide bonds. The first-order valence-electron chi connectivity index (χ1n) is 3.82. The zero-order valence-corrected chi connectivity index (χ0v) is 7.51. The zero-order chi connectivity index (χ0) is 10.6. The Morgan fingerprint density at radius 3 is 2.71 bits per heavy atom. The number of benzene rings is 1. The molecule has 1 N–H and O–H groups in total. The van der Waals surface area contributed by atoms with Crippen molar-refractivity contribution >= 4 is 5.90 Å². The Hall–Kier alpha value is -1.65. The van der Waals surface area contributed by atoms with Crippen LogP contribution in [0.4, 0.5) is 8.78 Å². The average molecular weight is 201 g/mol. The molecule has 1 aromatic rings. The predicted octanol–water partition coefficient (Wildman–Crippen LogP) is 1.97. The van der Waals surface area contributed by atoms with Gasteiger partial charge in [-0.25, -0.2) is 8.78 Å². The van der Waals surface area contributed by atoms with Gasteiger partial charge >= 0.3 is 0 Å². The third-order valence-corrected chi connectivity index (χ3v) is 1.50. The fourth-order valence-corrected chi connectivity index (χ4v) is 0.794. The molecule has 0 saturated heterocycles. The number of rotatable bonds is 3. The third-order valence-electron chi connectivity index (χ3n) is 1.50. The van der Waals surface area contributed by atoms with E-state index in [-0.39, 0.29) is 18.3 Å². The van der Waals surface area contributed by atoms with Crippen LogP contribution >= 0.6 is 0 Å². The highest BCUT2D eigenvalue weighted by atomic mass is 19.1. The van der Waals surface area contributed by atoms with E-state index in [1.54, 1.807) is 0 Å². The summed E-state index contributed by atoms with van der Waals surface area (Å²) in [5.41, 5.74) is 0. The number of halogens is 2. The van der Waals surface area contributed by atoms with Crippen LogP contribution in [0.25, 0.3) is 0 Å². The van der Waals surface area contributed by atoms with Gasteiger partial charge in [0, 0.05) is 6.07 Å². The molecule has 0 bridgehead atoms. The van der Waals surface area contributed by atoms with E-state index in [2.05, 4.69) is 4.74 Å². The number of methoxy groups -OCH3 is 1. The molecular formula is C9H9F2NO2. The fraction of sp³-hybridized carbons (Fsp3) is 0.222. The van der Waals surface area contributed by atoms with Crippen LogP contribution in [0.2, 0.25) is 0 Å². The summed E-state index contributed by atoms with van der Waals surface area (Å²) in [6.45, 7) is -0.181. The second-order valence-corrected chi connectivity index (χ2v) is 2.49. The molecule has 0 aliphatic carbocycles. The summed E-state index contributed by atoms with van der Waals surface area (Å²) in [5.74, 6) is -1.70. The highest BCUT2D eigenvalue weighted by Crippen LogP contribution is 2.17. The Bertz CT molecular complexity index is 342. The highest BCUT2D eigenvalue weighted by molar-refractivity contribution is 5.73. The Kier molecular flexibility index (Phi) is 3.39. The standard InChI is InChI=1S/C9H9F2NO2/c1-13-9(12)5-14-8-3-2-6(10)4-7(8)11/h2-4,12H,5H2,1H3. The molecule has 1 aromatic carbocycles. The largest absolute Gasteiger partial charge is 0.482 e. The summed E-state index contributed by atoms with van der Waals surface area (Å²) < 4.78 is 34.7. The van der Waals surface area contributed by atoms with Crippen LogP contribution in [0.1, 0.15) is 0 Å². The van der Waals surface area contributed by atoms with Crippen LogP contribution in [0.15, 0.2) is 18.2 Å². The van der Waals surface area contributed by atoms with Crippen LogP contribution < -0.4 is 4.74 Å². The first kappa shape index (κ1) is 10.4. The summed E-state index contributed by atoms with van der Waals surface area (Å²) in [5, 5.41) is 7.06. The van der Waals surface area contributed by atoms with Gasteiger partial charge in [-0.2, -0.15) is 0 Å². The summed E-state index contributed by atoms with van der Waals surface area (Å²) in [4.78, 5) is 0. The molecule has 0 atom stereocenters. The third kappa shape index (κ3) is 2.69. The molecular weight excluding hydrogens is 192 g/mol. The van der Waals surface area contributed by atoms with Crippen molar-refractivity contribution in [3.05, 3.63) is 29.8 Å². The van der Waals surface area contributed by atoms with Gasteiger partial charge < -0.3 is 9.47 Å². The van der Waals surface area contributed by atoms with Crippen molar-refractivity contribution in [3.63, 3.8) is 0 Å². The SMILES string of the molecule is COC(=N)COc1ccc(F)cc1F. The van der Waals surface area contributed by atoms with E-state index in [0.29, 0.717) is 6.07 Å². The highest BCUT2D eigenvalue weighted by Gasteiger charge is 2.05. The van der Waals surface area contributed by atoms with Gasteiger partial charge in [-0.15, -0.1) is 0 Å². The Morgan fingerprint density at radius 1 is 1.43 bits per heavy atom. The van der Waals surface area contributed by atoms with Crippen molar-refractivity contribution < 1.29 is 18.3 Å². The van der Waals surface area contributed by atoms with Gasteiger partial charge in [0.05, 0.1) is 7.11 Å². The lowest BCUT2D eigenvalue weighted by Gasteiger charge is -2.06. The van der Waals surface area contributed by atoms with E-state index in [4.69, 9.17) is 10.1 Å². The molecule has 76 valence electrons. The lowest BCUT2D eigenvalue weighted by molar-refractivity contribution is 0.299. The molecule has 0 aromatic heterocycles. The second kappa shape index (κ2) is 4.55. The summed E-state index contributed by atoms with van der Waals surface area (Å²) >= 11 is 0. The molecule has 0 radical (unpaired) electrons. The van der Waals surface area contributed by atoms with Gasteiger partial charge in [0.2, 0.25) is 5.90 Å². The molecule has 0 aliphatic rings. The molecule has 3 nitrogen and oxygen atoms in total. The number of ether oxygens (including phenoxy) is 2. The van der Waals surface area contributed by atoms with E-state index in [9.17, 15) is 8.78 Å². The van der Waals surface area contributed by atoms with Crippen molar-refractivity contribution in [2.45, 2.75) is 0 Å². The van der Waals surface area contributed by atoms with Gasteiger partial charge in [-0.1, -0.05) is 0 Å². The van der Waals surface area contributed by atoms with Crippen molar-refractivity contribution in [1.29, 1.82) is 5.41 Å². The lowest BCUT2D eigenvalue weighted by atomic mass is 10.3. The van der Waals surface area contributed by atoms with Crippen molar-refractivity contribution in [2.24, 2.45) is 0 Å². The van der Waals surface area contributed by atoms with Crippen LogP contribution in [0.5, 0.6) is 5.75 Å². The van der Waals surface area contributed by atoms with E-state index < -0.39 is 11.6 Å². The van der Waals surface area contributed by atoms with Gasteiger partial charge in [-0.3, -0.25) is 5.41 Å². The van der Waals surface area contributed by atoms with Gasteiger partial charge in [0.1, 0.15) is 5.82 Å². The average Bonchev–Trinajstić information content (AvgIpc) is 2.16. The van der Waals surface area contributed by atoms with E-state index in [1.165, 1.54) is 7.11 Å². The number of nitrogens with one attached hydrogen (secondary N) is 1. The first-order chi connectivity index (χ1) is 6.63. The van der Waals surface area contributed by atoms with Crippen LogP contribution in [-0.4, -0.2) is 19.6 Å². The summed E-state index contributed by atoms with van der Waals surface area (Å²) in [6, 6.07) is 2.95. The monoisotopic (exact) mass is 201 g/mol. The Labute approximate surface area is 79.8 Å². The van der Waals surface area contributed by atoms with Crippen LogP contribution in [0.3, 0.4) is 0 Å². The molecule has 1 rings (SSSR count). The van der Waals surface area contributed by atoms with Gasteiger partial charge in [0.25, 0.3) is 0 Å². The predicted molar refractivity (Wildman–Crippen MR) is 46.6 cm³/mol. The molecule has 0 heterocycles. The minimum Gasteiger partial charge on any atom is -0.482 e. The molecule has 0 unspecified atom stereocenters. The summed E-state index contributed by atoms with van der Waals surface area (Å²) in [6.07, 6.45) is 0. The molecule has 0 spiro atoms. The minimum atomic E-state index is -0.797. The van der Waals surface area contributed by atoms with E-state index in [1.807, 2.05) is 0 Å². The number of hydrogen-bond acceptors (Lipinski definition) is 3. The maximum atomic E-state index is 12.9. The van der Waals surface area contributed by atoms with Crippen molar-refractivity contribution in [2.75, 3.05) is 13.7 Å². The second-order valence-electron chi connectivity index (χ2n) is 2.49. The molecule has 14 heavy (non-hydrogen) atoms. The molecule has 0 aliphatic heterocycles. The first-order valence-corrected chi connectivity index (χ1v) is 3.82. The Balaban J connectivity index is 2.63. The lowest BCUT2D eigenvalue weighted by Crippen LogP contribution is -2.12. The molecule has 0 saturated carbocycles. The van der Waals surface area contributed by atoms with Crippen LogP contribution in [-0.2, 0) is 4.74 Å². The molecule has 0 fully saturated rings. The zero-order valence-electron chi connectivity index (χ0n) is 7.51. The summed E-state index contributed by atoms with van der Waals surface area (Å²) in [7, 11) is 1.31. The minimum absolute atomic E-state index is 0.104. The topological polar surface area (TPSA) is 42.3 Å². The Morgan fingerprint density at radius 2 is 2.14 bits per heavy atom. The fourth-order valence-electron chi connectivity index (χ4n) is 0.794. The van der Waals surface area contributed by atoms with Crippen LogP contribution in [0, 0.1) is 17.0 Å². The number of hydrogen-bond donors (Lipinski definition) is 1. The maximum absolute atomic E-state index is 12.9. The maximum Gasteiger partial charge on any atom is 0.219 e. The van der Waals surface area contributed by atoms with Crippen molar-refractivity contribution in [1.82, 2.24) is 0 Å². The quantitative estimate of drug-likeness (QED) is 0.600. The van der Waals surface area contributed by atoms with E-state index >= 15 is 0 Å².